The second-order valence-corrected chi connectivity index (χ2v) is 11.2. The highest BCUT2D eigenvalue weighted by atomic mass is 32.2. The molecule has 0 amide bonds. The topological polar surface area (TPSA) is 91.8 Å². The summed E-state index contributed by atoms with van der Waals surface area (Å²) < 4.78 is 70.3. The summed E-state index contributed by atoms with van der Waals surface area (Å²) in [5, 5.41) is 4.06. The fourth-order valence-corrected chi connectivity index (χ4v) is 5.75. The molecule has 1 fully saturated rings. The van der Waals surface area contributed by atoms with E-state index < -0.39 is 26.6 Å². The average molecular weight is 541 g/mol. The van der Waals surface area contributed by atoms with Crippen LogP contribution in [0, 0.1) is 17.5 Å². The van der Waals surface area contributed by atoms with Crippen molar-refractivity contribution >= 4 is 39.3 Å². The number of aromatic nitrogens is 1. The van der Waals surface area contributed by atoms with Crippen molar-refractivity contribution in [3.8, 4) is 0 Å². The Bertz CT molecular complexity index is 1340. The number of nitrogens with one attached hydrogen (secondary N) is 1. The van der Waals surface area contributed by atoms with E-state index in [9.17, 15) is 26.4 Å². The number of rotatable bonds is 10. The van der Waals surface area contributed by atoms with Crippen molar-refractivity contribution in [2.45, 2.75) is 43.8 Å². The fourth-order valence-electron chi connectivity index (χ4n) is 3.90. The van der Waals surface area contributed by atoms with Crippen molar-refractivity contribution in [3.63, 3.8) is 0 Å². The Morgan fingerprint density at radius 3 is 2.50 bits per heavy atom. The van der Waals surface area contributed by atoms with Gasteiger partial charge in [-0.05, 0) is 44.0 Å². The molecule has 2 heterocycles. The van der Waals surface area contributed by atoms with E-state index in [1.54, 1.807) is 12.1 Å². The summed E-state index contributed by atoms with van der Waals surface area (Å²) >= 11 is 0.991. The number of hydrogen-bond donors (Lipinski definition) is 1. The number of carbonyl (C=O) groups excluding carboxylic acids is 1. The van der Waals surface area contributed by atoms with E-state index in [0.717, 1.165) is 36.4 Å². The highest BCUT2D eigenvalue weighted by Gasteiger charge is 2.37. The molecule has 1 aliphatic rings. The van der Waals surface area contributed by atoms with Gasteiger partial charge in [0.1, 0.15) is 17.5 Å². The van der Waals surface area contributed by atoms with E-state index in [1.165, 1.54) is 17.0 Å². The van der Waals surface area contributed by atoms with Crippen LogP contribution >= 0.6 is 11.3 Å². The van der Waals surface area contributed by atoms with Crippen LogP contribution in [0.2, 0.25) is 0 Å². The van der Waals surface area contributed by atoms with Gasteiger partial charge in [-0.15, -0.1) is 11.3 Å². The smallest absolute Gasteiger partial charge is 0.322 e. The molecule has 36 heavy (non-hydrogen) atoms. The van der Waals surface area contributed by atoms with Crippen molar-refractivity contribution in [1.82, 2.24) is 9.88 Å². The van der Waals surface area contributed by atoms with Gasteiger partial charge < -0.3 is 10.2 Å². The minimum atomic E-state index is -4.97. The normalized spacial score (nSPS) is 15.2. The second kappa shape index (κ2) is 10.1. The number of benzene rings is 2. The SMILES string of the molecule is CC1(C)CCN1Cc1c(F)cccc1CNc1cc(F)c(S(=O)(=O)N(OC=O)c2cscn2)c(F)c1. The Hall–Kier alpha value is -3.16. The maximum atomic E-state index is 14.9. The summed E-state index contributed by atoms with van der Waals surface area (Å²) in [7, 11) is -4.97. The molecule has 2 aromatic carbocycles. The molecule has 0 radical (unpaired) electrons. The standard InChI is InChI=1S/C23H23F3N4O4S2/c1-23(2)6-7-29(23)11-17-15(4-3-5-18(17)24)10-27-16-8-19(25)22(20(26)9-16)36(32,33)30(34-14-31)21-12-35-13-28-21/h3-5,8-9,12-14,27H,6-7,10-11H2,1-2H3. The van der Waals surface area contributed by atoms with Crippen molar-refractivity contribution in [3.05, 3.63) is 69.8 Å². The predicted molar refractivity (Wildman–Crippen MR) is 128 cm³/mol. The lowest BCUT2D eigenvalue weighted by molar-refractivity contribution is -0.128. The third-order valence-electron chi connectivity index (χ3n) is 6.12. The van der Waals surface area contributed by atoms with Gasteiger partial charge in [0.05, 0.1) is 5.51 Å². The van der Waals surface area contributed by atoms with E-state index in [4.69, 9.17) is 0 Å². The molecule has 0 aliphatic carbocycles. The van der Waals surface area contributed by atoms with E-state index in [0.29, 0.717) is 17.7 Å². The van der Waals surface area contributed by atoms with Gasteiger partial charge in [-0.1, -0.05) is 16.6 Å². The van der Waals surface area contributed by atoms with E-state index in [1.807, 2.05) is 0 Å². The van der Waals surface area contributed by atoms with Crippen molar-refractivity contribution < 1.29 is 31.2 Å². The molecule has 1 saturated heterocycles. The van der Waals surface area contributed by atoms with Crippen LogP contribution in [-0.4, -0.2) is 36.9 Å². The third-order valence-corrected chi connectivity index (χ3v) is 8.31. The molecule has 192 valence electrons. The van der Waals surface area contributed by atoms with Gasteiger partial charge in [-0.25, -0.2) is 18.2 Å². The molecule has 0 spiro atoms. The quantitative estimate of drug-likeness (QED) is 0.300. The van der Waals surface area contributed by atoms with Gasteiger partial charge in [0.2, 0.25) is 0 Å². The highest BCUT2D eigenvalue weighted by Crippen LogP contribution is 2.33. The predicted octanol–water partition coefficient (Wildman–Crippen LogP) is 4.44. The number of likely N-dealkylation sites (tertiary alicyclic amines) is 1. The molecule has 0 unspecified atom stereocenters. The molecule has 0 saturated carbocycles. The first-order chi connectivity index (χ1) is 17.0. The lowest BCUT2D eigenvalue weighted by atomic mass is 9.88. The number of halogens is 3. The summed E-state index contributed by atoms with van der Waals surface area (Å²) in [5.41, 5.74) is 2.24. The van der Waals surface area contributed by atoms with E-state index in [2.05, 4.69) is 33.9 Å². The third kappa shape index (κ3) is 5.04. The molecular weight excluding hydrogens is 517 g/mol. The summed E-state index contributed by atoms with van der Waals surface area (Å²) in [6.45, 7) is 5.23. The number of sulfonamides is 1. The van der Waals surface area contributed by atoms with Gasteiger partial charge in [-0.3, -0.25) is 9.69 Å². The Balaban J connectivity index is 1.57. The second-order valence-electron chi connectivity index (χ2n) is 8.76. The first-order valence-corrected chi connectivity index (χ1v) is 13.2. The van der Waals surface area contributed by atoms with Crippen LogP contribution in [0.3, 0.4) is 0 Å². The van der Waals surface area contributed by atoms with Crippen molar-refractivity contribution in [2.75, 3.05) is 16.3 Å². The Labute approximate surface area is 210 Å². The van der Waals surface area contributed by atoms with Crippen LogP contribution < -0.4 is 9.79 Å². The minimum Gasteiger partial charge on any atom is -0.381 e. The number of hydrogen-bond acceptors (Lipinski definition) is 8. The van der Waals surface area contributed by atoms with Crippen LogP contribution in [0.15, 0.2) is 46.1 Å². The highest BCUT2D eigenvalue weighted by molar-refractivity contribution is 7.92. The molecule has 1 aromatic heterocycles. The number of anilines is 2. The lowest BCUT2D eigenvalue weighted by Gasteiger charge is -2.48. The molecule has 13 heteroatoms. The molecule has 3 aromatic rings. The zero-order valence-corrected chi connectivity index (χ0v) is 21.0. The Morgan fingerprint density at radius 1 is 1.22 bits per heavy atom. The Kier molecular flexibility index (Phi) is 7.25. The molecule has 1 N–H and O–H groups in total. The zero-order valence-electron chi connectivity index (χ0n) is 19.4. The molecule has 0 bridgehead atoms. The van der Waals surface area contributed by atoms with Crippen molar-refractivity contribution in [1.29, 1.82) is 0 Å². The van der Waals surface area contributed by atoms with Gasteiger partial charge in [0.25, 0.3) is 0 Å². The van der Waals surface area contributed by atoms with Crippen LogP contribution in [0.25, 0.3) is 0 Å². The minimum absolute atomic E-state index is 0.0411. The number of carbonyl (C=O) groups is 1. The maximum Gasteiger partial charge on any atom is 0.322 e. The summed E-state index contributed by atoms with van der Waals surface area (Å²) in [4.78, 5) is 19.8. The van der Waals surface area contributed by atoms with Crippen LogP contribution in [0.5, 0.6) is 0 Å². The molecule has 8 nitrogen and oxygen atoms in total. The van der Waals surface area contributed by atoms with Crippen LogP contribution in [0.4, 0.5) is 24.7 Å². The summed E-state index contributed by atoms with van der Waals surface area (Å²) in [6, 6.07) is 6.22. The Morgan fingerprint density at radius 2 is 1.94 bits per heavy atom. The van der Waals surface area contributed by atoms with Crippen LogP contribution in [-0.2, 0) is 32.7 Å². The molecule has 4 rings (SSSR count). The lowest BCUT2D eigenvalue weighted by Crippen LogP contribution is -2.55. The average Bonchev–Trinajstić information content (AvgIpc) is 3.33. The first-order valence-electron chi connectivity index (χ1n) is 10.8. The first kappa shape index (κ1) is 25.9. The van der Waals surface area contributed by atoms with Gasteiger partial charge in [0.15, 0.2) is 10.7 Å². The van der Waals surface area contributed by atoms with Gasteiger partial charge >= 0.3 is 16.5 Å². The molecular formula is C23H23F3N4O4S2. The van der Waals surface area contributed by atoms with Gasteiger partial charge in [0, 0.05) is 41.8 Å². The largest absolute Gasteiger partial charge is 0.381 e. The summed E-state index contributed by atoms with van der Waals surface area (Å²) in [5.74, 6) is -3.53. The molecule has 1 aliphatic heterocycles. The van der Waals surface area contributed by atoms with Crippen LogP contribution in [0.1, 0.15) is 31.4 Å². The molecule has 0 atom stereocenters. The van der Waals surface area contributed by atoms with Crippen molar-refractivity contribution in [2.24, 2.45) is 0 Å². The fraction of sp³-hybridized carbons (Fsp3) is 0.304. The van der Waals surface area contributed by atoms with E-state index in [-0.39, 0.29) is 40.3 Å². The summed E-state index contributed by atoms with van der Waals surface area (Å²) in [6.07, 6.45) is 1.00. The number of nitrogens with zero attached hydrogens (tertiary/aromatic N) is 3. The van der Waals surface area contributed by atoms with Gasteiger partial charge in [-0.2, -0.15) is 8.42 Å². The zero-order chi connectivity index (χ0) is 26.1. The van der Waals surface area contributed by atoms with E-state index >= 15 is 0 Å². The number of thiazole rings is 1. The maximum absolute atomic E-state index is 14.9. The monoisotopic (exact) mass is 540 g/mol.